The monoisotopic (exact) mass is 190 g/mol. The van der Waals surface area contributed by atoms with Crippen molar-refractivity contribution in [2.24, 2.45) is 0 Å². The number of rotatable bonds is 1. The molecule has 0 heterocycles. The molecule has 11 heavy (non-hydrogen) atoms. The fourth-order valence-corrected chi connectivity index (χ4v) is 1.20. The second kappa shape index (κ2) is 3.33. The Morgan fingerprint density at radius 1 is 1.36 bits per heavy atom. The number of aromatic hydroxyl groups is 1. The van der Waals surface area contributed by atoms with Crippen molar-refractivity contribution in [3.05, 3.63) is 27.7 Å². The van der Waals surface area contributed by atoms with Crippen LogP contribution in [0.3, 0.4) is 0 Å². The van der Waals surface area contributed by atoms with Gasteiger partial charge in [0.05, 0.1) is 5.02 Å². The lowest BCUT2D eigenvalue weighted by molar-refractivity contribution is 0.469. The minimum absolute atomic E-state index is 0.0988. The number of halogens is 2. The summed E-state index contributed by atoms with van der Waals surface area (Å²) < 4.78 is 0. The normalized spacial score (nSPS) is 10.1. The average Bonchev–Trinajstić information content (AvgIpc) is 2.01. The molecule has 1 rings (SSSR count). The summed E-state index contributed by atoms with van der Waals surface area (Å²) in [4.78, 5) is 0. The Morgan fingerprint density at radius 3 is 2.55 bits per heavy atom. The van der Waals surface area contributed by atoms with Gasteiger partial charge in [-0.25, -0.2) is 0 Å². The highest BCUT2D eigenvalue weighted by Gasteiger charge is 2.06. The fourth-order valence-electron chi connectivity index (χ4n) is 0.865. The third kappa shape index (κ3) is 1.60. The van der Waals surface area contributed by atoms with Crippen molar-refractivity contribution in [3.8, 4) is 5.75 Å². The Kier molecular flexibility index (Phi) is 2.63. The third-order valence-corrected chi connectivity index (χ3v) is 2.33. The molecule has 3 heteroatoms. The molecule has 0 atom stereocenters. The molecule has 0 saturated heterocycles. The average molecular weight is 191 g/mol. The van der Waals surface area contributed by atoms with Crippen LogP contribution in [0.5, 0.6) is 5.75 Å². The Morgan fingerprint density at radius 2 is 2.00 bits per heavy atom. The van der Waals surface area contributed by atoms with E-state index < -0.39 is 0 Å². The maximum atomic E-state index is 9.36. The van der Waals surface area contributed by atoms with Gasteiger partial charge in [-0.15, -0.1) is 0 Å². The highest BCUT2D eigenvalue weighted by molar-refractivity contribution is 6.43. The van der Waals surface area contributed by atoms with Gasteiger partial charge in [0, 0.05) is 0 Å². The van der Waals surface area contributed by atoms with E-state index in [0.29, 0.717) is 5.02 Å². The molecule has 1 aromatic rings. The molecule has 0 bridgehead atoms. The second-order valence-electron chi connectivity index (χ2n) is 2.22. The van der Waals surface area contributed by atoms with Crippen molar-refractivity contribution in [1.29, 1.82) is 0 Å². The van der Waals surface area contributed by atoms with Crippen molar-refractivity contribution >= 4 is 23.2 Å². The topological polar surface area (TPSA) is 20.2 Å². The fraction of sp³-hybridized carbons (Fsp3) is 0.250. The maximum Gasteiger partial charge on any atom is 0.138 e. The van der Waals surface area contributed by atoms with Gasteiger partial charge in [0.25, 0.3) is 0 Å². The van der Waals surface area contributed by atoms with E-state index in [0.717, 1.165) is 12.0 Å². The first-order valence-corrected chi connectivity index (χ1v) is 4.08. The molecule has 60 valence electrons. The molecule has 0 saturated carbocycles. The van der Waals surface area contributed by atoms with Crippen LogP contribution >= 0.6 is 23.2 Å². The molecule has 0 fully saturated rings. The first-order valence-electron chi connectivity index (χ1n) is 3.32. The zero-order valence-corrected chi connectivity index (χ0v) is 7.58. The van der Waals surface area contributed by atoms with Gasteiger partial charge in [-0.3, -0.25) is 0 Å². The van der Waals surface area contributed by atoms with E-state index in [1.165, 1.54) is 0 Å². The molecule has 0 aliphatic rings. The van der Waals surface area contributed by atoms with Gasteiger partial charge in [-0.2, -0.15) is 0 Å². The minimum atomic E-state index is 0.0988. The molecule has 0 aliphatic heterocycles. The predicted octanol–water partition coefficient (Wildman–Crippen LogP) is 3.26. The van der Waals surface area contributed by atoms with Crippen LogP contribution in [-0.4, -0.2) is 5.11 Å². The summed E-state index contributed by atoms with van der Waals surface area (Å²) in [5.41, 5.74) is 0.819. The smallest absolute Gasteiger partial charge is 0.138 e. The zero-order chi connectivity index (χ0) is 8.43. The molecule has 0 aromatic heterocycles. The van der Waals surface area contributed by atoms with Gasteiger partial charge in [0.2, 0.25) is 0 Å². The highest BCUT2D eigenvalue weighted by Crippen LogP contribution is 2.33. The van der Waals surface area contributed by atoms with Gasteiger partial charge in [-0.05, 0) is 18.1 Å². The number of phenols is 1. The van der Waals surface area contributed by atoms with E-state index in [4.69, 9.17) is 23.2 Å². The van der Waals surface area contributed by atoms with Crippen LogP contribution in [0, 0.1) is 0 Å². The summed E-state index contributed by atoms with van der Waals surface area (Å²) in [5, 5.41) is 9.99. The van der Waals surface area contributed by atoms with E-state index in [1.807, 2.05) is 6.92 Å². The number of aryl methyl sites for hydroxylation is 1. The highest BCUT2D eigenvalue weighted by atomic mass is 35.5. The van der Waals surface area contributed by atoms with Gasteiger partial charge in [-0.1, -0.05) is 36.2 Å². The van der Waals surface area contributed by atoms with Crippen molar-refractivity contribution in [3.63, 3.8) is 0 Å². The van der Waals surface area contributed by atoms with Crippen LogP contribution in [0.25, 0.3) is 0 Å². The van der Waals surface area contributed by atoms with E-state index in [2.05, 4.69) is 0 Å². The zero-order valence-electron chi connectivity index (χ0n) is 6.06. The lowest BCUT2D eigenvalue weighted by Gasteiger charge is -2.03. The van der Waals surface area contributed by atoms with Crippen molar-refractivity contribution in [2.45, 2.75) is 13.3 Å². The van der Waals surface area contributed by atoms with Gasteiger partial charge in [0.1, 0.15) is 10.8 Å². The molecule has 0 radical (unpaired) electrons. The van der Waals surface area contributed by atoms with Gasteiger partial charge in [0.15, 0.2) is 0 Å². The Bertz CT molecular complexity index is 271. The van der Waals surface area contributed by atoms with Crippen molar-refractivity contribution in [2.75, 3.05) is 0 Å². The quantitative estimate of drug-likeness (QED) is 0.722. The van der Waals surface area contributed by atoms with Crippen molar-refractivity contribution < 1.29 is 5.11 Å². The minimum Gasteiger partial charge on any atom is -0.506 e. The van der Waals surface area contributed by atoms with E-state index in [-0.39, 0.29) is 10.8 Å². The Labute approximate surface area is 75.6 Å². The molecule has 0 aliphatic carbocycles. The number of benzene rings is 1. The SMILES string of the molecule is CCc1ccc(Cl)c(Cl)c1O. The van der Waals surface area contributed by atoms with Crippen LogP contribution in [0.4, 0.5) is 0 Å². The standard InChI is InChI=1S/C8H8Cl2O/c1-2-5-3-4-6(9)7(10)8(5)11/h3-4,11H,2H2,1H3. The Hall–Kier alpha value is -0.400. The van der Waals surface area contributed by atoms with Crippen molar-refractivity contribution in [1.82, 2.24) is 0 Å². The third-order valence-electron chi connectivity index (χ3n) is 1.53. The number of phenolic OH excluding ortho intramolecular Hbond substituents is 1. The summed E-state index contributed by atoms with van der Waals surface area (Å²) in [7, 11) is 0. The van der Waals surface area contributed by atoms with E-state index >= 15 is 0 Å². The Balaban J connectivity index is 3.25. The summed E-state index contributed by atoms with van der Waals surface area (Å²) in [6, 6.07) is 3.45. The van der Waals surface area contributed by atoms with Crippen LogP contribution in [0.15, 0.2) is 12.1 Å². The van der Waals surface area contributed by atoms with Crippen LogP contribution in [-0.2, 0) is 6.42 Å². The van der Waals surface area contributed by atoms with E-state index in [1.54, 1.807) is 12.1 Å². The number of hydrogen-bond donors (Lipinski definition) is 1. The lowest BCUT2D eigenvalue weighted by atomic mass is 10.1. The van der Waals surface area contributed by atoms with Gasteiger partial charge >= 0.3 is 0 Å². The first-order chi connectivity index (χ1) is 5.16. The predicted molar refractivity (Wildman–Crippen MR) is 47.5 cm³/mol. The largest absolute Gasteiger partial charge is 0.506 e. The maximum absolute atomic E-state index is 9.36. The second-order valence-corrected chi connectivity index (χ2v) is 3.01. The molecule has 1 aromatic carbocycles. The van der Waals surface area contributed by atoms with E-state index in [9.17, 15) is 5.11 Å². The number of hydrogen-bond acceptors (Lipinski definition) is 1. The summed E-state index contributed by atoms with van der Waals surface area (Å²) in [6.07, 6.45) is 0.753. The summed E-state index contributed by atoms with van der Waals surface area (Å²) in [5.74, 6) is 0.0988. The molecule has 0 spiro atoms. The molecule has 0 unspecified atom stereocenters. The lowest BCUT2D eigenvalue weighted by Crippen LogP contribution is -1.82. The molecular formula is C8H8Cl2O. The first kappa shape index (κ1) is 8.69. The molecule has 1 nitrogen and oxygen atoms in total. The summed E-state index contributed by atoms with van der Waals surface area (Å²) in [6.45, 7) is 1.94. The molecule has 1 N–H and O–H groups in total. The molecule has 0 amide bonds. The van der Waals surface area contributed by atoms with Crippen LogP contribution in [0.1, 0.15) is 12.5 Å². The summed E-state index contributed by atoms with van der Waals surface area (Å²) >= 11 is 11.3. The van der Waals surface area contributed by atoms with Crippen LogP contribution in [0.2, 0.25) is 10.0 Å². The van der Waals surface area contributed by atoms with Crippen LogP contribution < -0.4 is 0 Å². The van der Waals surface area contributed by atoms with Gasteiger partial charge < -0.3 is 5.11 Å². The molecular weight excluding hydrogens is 183 g/mol.